The molecular weight excluding hydrogens is 324 g/mol. The minimum atomic E-state index is 0.231. The molecule has 0 radical (unpaired) electrons. The van der Waals surface area contributed by atoms with Gasteiger partial charge in [0.05, 0.1) is 12.6 Å². The monoisotopic (exact) mass is 344 g/mol. The number of thiocarbonyl (C=S) groups is 1. The standard InChI is InChI=1S/C14H21BrN2OS/c1-4-18-8-13(9(2)3)17-12-6-5-10(15)7-11(12)14(16)19/h5-7,9,13,17H,4,8H2,1-3H3,(H2,16,19). The zero-order valence-corrected chi connectivity index (χ0v) is 14.0. The molecule has 1 atom stereocenters. The fraction of sp³-hybridized carbons (Fsp3) is 0.500. The molecule has 3 nitrogen and oxygen atoms in total. The summed E-state index contributed by atoms with van der Waals surface area (Å²) in [5, 5.41) is 3.48. The smallest absolute Gasteiger partial charge is 0.106 e. The van der Waals surface area contributed by atoms with Gasteiger partial charge >= 0.3 is 0 Å². The molecule has 1 aromatic carbocycles. The van der Waals surface area contributed by atoms with Crippen molar-refractivity contribution < 1.29 is 4.74 Å². The number of hydrogen-bond acceptors (Lipinski definition) is 3. The van der Waals surface area contributed by atoms with Crippen LogP contribution in [-0.2, 0) is 4.74 Å². The van der Waals surface area contributed by atoms with Crippen molar-refractivity contribution in [3.8, 4) is 0 Å². The summed E-state index contributed by atoms with van der Waals surface area (Å²) in [6.45, 7) is 7.71. The average Bonchev–Trinajstić information content (AvgIpc) is 2.35. The number of rotatable bonds is 7. The molecule has 106 valence electrons. The van der Waals surface area contributed by atoms with Crippen molar-refractivity contribution in [2.24, 2.45) is 11.7 Å². The molecule has 0 aliphatic carbocycles. The van der Waals surface area contributed by atoms with Gasteiger partial charge in [-0.05, 0) is 31.0 Å². The van der Waals surface area contributed by atoms with E-state index in [0.717, 1.165) is 15.7 Å². The van der Waals surface area contributed by atoms with Crippen LogP contribution in [-0.4, -0.2) is 24.2 Å². The van der Waals surface area contributed by atoms with E-state index in [9.17, 15) is 0 Å². The molecule has 19 heavy (non-hydrogen) atoms. The Hall–Kier alpha value is -0.650. The summed E-state index contributed by atoms with van der Waals surface area (Å²) in [5.74, 6) is 0.453. The van der Waals surface area contributed by atoms with Crippen molar-refractivity contribution in [2.75, 3.05) is 18.5 Å². The molecule has 1 rings (SSSR count). The minimum absolute atomic E-state index is 0.231. The van der Waals surface area contributed by atoms with Gasteiger partial charge in [-0.25, -0.2) is 0 Å². The SMILES string of the molecule is CCOCC(Nc1ccc(Br)cc1C(N)=S)C(C)C. The lowest BCUT2D eigenvalue weighted by molar-refractivity contribution is 0.127. The fourth-order valence-electron chi connectivity index (χ4n) is 1.69. The summed E-state index contributed by atoms with van der Waals surface area (Å²) in [6.07, 6.45) is 0. The van der Waals surface area contributed by atoms with Crippen LogP contribution >= 0.6 is 28.1 Å². The zero-order valence-electron chi connectivity index (χ0n) is 11.6. The van der Waals surface area contributed by atoms with Gasteiger partial charge in [-0.1, -0.05) is 42.0 Å². The van der Waals surface area contributed by atoms with Crippen LogP contribution in [0.5, 0.6) is 0 Å². The van der Waals surface area contributed by atoms with Crippen molar-refractivity contribution in [2.45, 2.75) is 26.8 Å². The van der Waals surface area contributed by atoms with Crippen LogP contribution in [0.1, 0.15) is 26.3 Å². The first-order valence-corrected chi connectivity index (χ1v) is 7.59. The molecule has 0 aromatic heterocycles. The zero-order chi connectivity index (χ0) is 14.4. The molecule has 0 bridgehead atoms. The Balaban J connectivity index is 2.92. The third-order valence-corrected chi connectivity index (χ3v) is 3.61. The van der Waals surface area contributed by atoms with E-state index in [1.807, 2.05) is 25.1 Å². The van der Waals surface area contributed by atoms with Crippen LogP contribution in [0.2, 0.25) is 0 Å². The van der Waals surface area contributed by atoms with E-state index in [-0.39, 0.29) is 6.04 Å². The van der Waals surface area contributed by atoms with E-state index < -0.39 is 0 Å². The number of ether oxygens (including phenoxy) is 1. The van der Waals surface area contributed by atoms with Gasteiger partial charge in [-0.2, -0.15) is 0 Å². The summed E-state index contributed by atoms with van der Waals surface area (Å²) >= 11 is 8.53. The predicted octanol–water partition coefficient (Wildman–Crippen LogP) is 3.56. The molecule has 1 unspecified atom stereocenters. The Morgan fingerprint density at radius 2 is 2.16 bits per heavy atom. The topological polar surface area (TPSA) is 47.3 Å². The van der Waals surface area contributed by atoms with Crippen LogP contribution < -0.4 is 11.1 Å². The van der Waals surface area contributed by atoms with Crippen LogP contribution in [0.4, 0.5) is 5.69 Å². The van der Waals surface area contributed by atoms with Crippen molar-refractivity contribution >= 4 is 38.8 Å². The molecule has 0 amide bonds. The van der Waals surface area contributed by atoms with Crippen LogP contribution in [0.3, 0.4) is 0 Å². The summed E-state index contributed by atoms with van der Waals surface area (Å²) in [5.41, 5.74) is 7.58. The number of anilines is 1. The highest BCUT2D eigenvalue weighted by Crippen LogP contribution is 2.23. The third kappa shape index (κ3) is 5.09. The van der Waals surface area contributed by atoms with Gasteiger partial charge < -0.3 is 15.8 Å². The Labute approximate surface area is 129 Å². The van der Waals surface area contributed by atoms with E-state index in [1.165, 1.54) is 0 Å². The Bertz CT molecular complexity index is 437. The number of nitrogens with one attached hydrogen (secondary N) is 1. The van der Waals surface area contributed by atoms with Crippen LogP contribution in [0.25, 0.3) is 0 Å². The Morgan fingerprint density at radius 3 is 2.68 bits per heavy atom. The lowest BCUT2D eigenvalue weighted by Gasteiger charge is -2.24. The maximum Gasteiger partial charge on any atom is 0.106 e. The van der Waals surface area contributed by atoms with Gasteiger partial charge in [0.25, 0.3) is 0 Å². The summed E-state index contributed by atoms with van der Waals surface area (Å²) in [4.78, 5) is 0.391. The summed E-state index contributed by atoms with van der Waals surface area (Å²) in [7, 11) is 0. The van der Waals surface area contributed by atoms with Crippen LogP contribution in [0.15, 0.2) is 22.7 Å². The number of benzene rings is 1. The van der Waals surface area contributed by atoms with Crippen molar-refractivity contribution in [1.29, 1.82) is 0 Å². The van der Waals surface area contributed by atoms with Gasteiger partial charge in [-0.3, -0.25) is 0 Å². The Kier molecular flexibility index (Phi) is 6.75. The van der Waals surface area contributed by atoms with Crippen molar-refractivity contribution in [3.63, 3.8) is 0 Å². The normalized spacial score (nSPS) is 12.5. The molecule has 1 aromatic rings. The molecule has 0 saturated heterocycles. The minimum Gasteiger partial charge on any atom is -0.389 e. The average molecular weight is 345 g/mol. The molecular formula is C14H21BrN2OS. The highest BCUT2D eigenvalue weighted by molar-refractivity contribution is 9.10. The van der Waals surface area contributed by atoms with Crippen molar-refractivity contribution in [3.05, 3.63) is 28.2 Å². The maximum absolute atomic E-state index is 5.77. The number of hydrogen-bond donors (Lipinski definition) is 2. The largest absolute Gasteiger partial charge is 0.389 e. The van der Waals surface area contributed by atoms with Crippen molar-refractivity contribution in [1.82, 2.24) is 0 Å². The second-order valence-electron chi connectivity index (χ2n) is 4.71. The van der Waals surface area contributed by atoms with E-state index in [2.05, 4.69) is 35.1 Å². The van der Waals surface area contributed by atoms with E-state index in [0.29, 0.717) is 24.1 Å². The first-order chi connectivity index (χ1) is 8.95. The summed E-state index contributed by atoms with van der Waals surface area (Å²) < 4.78 is 6.48. The molecule has 0 heterocycles. The van der Waals surface area contributed by atoms with Gasteiger partial charge in [-0.15, -0.1) is 0 Å². The number of nitrogens with two attached hydrogens (primary N) is 1. The molecule has 0 spiro atoms. The number of halogens is 1. The van der Waals surface area contributed by atoms with Gasteiger partial charge in [0, 0.05) is 22.3 Å². The van der Waals surface area contributed by atoms with Gasteiger partial charge in [0.2, 0.25) is 0 Å². The second-order valence-corrected chi connectivity index (χ2v) is 6.06. The molecule has 0 saturated carbocycles. The first kappa shape index (κ1) is 16.4. The lowest BCUT2D eigenvalue weighted by Crippen LogP contribution is -2.32. The molecule has 0 aliphatic rings. The van der Waals surface area contributed by atoms with Crippen LogP contribution in [0, 0.1) is 5.92 Å². The fourth-order valence-corrected chi connectivity index (χ4v) is 2.22. The summed E-state index contributed by atoms with van der Waals surface area (Å²) in [6, 6.07) is 6.12. The van der Waals surface area contributed by atoms with Gasteiger partial charge in [0.1, 0.15) is 4.99 Å². The third-order valence-electron chi connectivity index (χ3n) is 2.89. The van der Waals surface area contributed by atoms with Gasteiger partial charge in [0.15, 0.2) is 0 Å². The molecule has 0 fully saturated rings. The lowest BCUT2D eigenvalue weighted by atomic mass is 10.0. The molecule has 5 heteroatoms. The quantitative estimate of drug-likeness (QED) is 0.742. The predicted molar refractivity (Wildman–Crippen MR) is 88.8 cm³/mol. The maximum atomic E-state index is 5.77. The first-order valence-electron chi connectivity index (χ1n) is 6.39. The second kappa shape index (κ2) is 7.82. The van der Waals surface area contributed by atoms with E-state index >= 15 is 0 Å². The Morgan fingerprint density at radius 1 is 1.47 bits per heavy atom. The molecule has 3 N–H and O–H groups in total. The van der Waals surface area contributed by atoms with E-state index in [1.54, 1.807) is 0 Å². The molecule has 0 aliphatic heterocycles. The highest BCUT2D eigenvalue weighted by atomic mass is 79.9. The van der Waals surface area contributed by atoms with E-state index in [4.69, 9.17) is 22.7 Å². The highest BCUT2D eigenvalue weighted by Gasteiger charge is 2.15.